The van der Waals surface area contributed by atoms with Crippen molar-refractivity contribution in [1.82, 2.24) is 9.55 Å². The van der Waals surface area contributed by atoms with Gasteiger partial charge in [0, 0.05) is 6.04 Å². The van der Waals surface area contributed by atoms with Gasteiger partial charge in [-0.3, -0.25) is 0 Å². The molecule has 110 valence electrons. The number of halogens is 3. The zero-order valence-corrected chi connectivity index (χ0v) is 12.4. The number of imidazole rings is 1. The van der Waals surface area contributed by atoms with E-state index in [-0.39, 0.29) is 6.04 Å². The number of hydrogen-bond acceptors (Lipinski definition) is 1. The van der Waals surface area contributed by atoms with Gasteiger partial charge in [-0.1, -0.05) is 20.8 Å². The summed E-state index contributed by atoms with van der Waals surface area (Å²) in [6, 6.07) is 3.89. The van der Waals surface area contributed by atoms with Crippen molar-refractivity contribution in [2.24, 2.45) is 5.92 Å². The van der Waals surface area contributed by atoms with Crippen molar-refractivity contribution in [1.29, 1.82) is 0 Å². The van der Waals surface area contributed by atoms with Crippen LogP contribution < -0.4 is 0 Å². The Morgan fingerprint density at radius 1 is 1.30 bits per heavy atom. The standard InChI is InChI=1S/C14H17F3N2S/c1-4-11(8(2)3)19-12-6-5-9(14(15,16)17)7-10(12)18-13(19)20/h5-8,11H,4H2,1-3H3,(H,18,20). The zero-order chi connectivity index (χ0) is 15.1. The van der Waals surface area contributed by atoms with Crippen molar-refractivity contribution >= 4 is 23.3 Å². The topological polar surface area (TPSA) is 20.7 Å². The first-order valence-electron chi connectivity index (χ1n) is 6.57. The van der Waals surface area contributed by atoms with Gasteiger partial charge in [0.15, 0.2) is 4.77 Å². The number of alkyl halides is 3. The number of H-pyrrole nitrogens is 1. The summed E-state index contributed by atoms with van der Waals surface area (Å²) in [5.74, 6) is 0.355. The van der Waals surface area contributed by atoms with Gasteiger partial charge in [0.2, 0.25) is 0 Å². The summed E-state index contributed by atoms with van der Waals surface area (Å²) in [6.07, 6.45) is -3.46. The smallest absolute Gasteiger partial charge is 0.331 e. The molecule has 1 atom stereocenters. The summed E-state index contributed by atoms with van der Waals surface area (Å²) in [7, 11) is 0. The van der Waals surface area contributed by atoms with Gasteiger partial charge in [-0.2, -0.15) is 13.2 Å². The van der Waals surface area contributed by atoms with E-state index in [1.165, 1.54) is 6.07 Å². The van der Waals surface area contributed by atoms with E-state index in [4.69, 9.17) is 12.2 Å². The van der Waals surface area contributed by atoms with E-state index >= 15 is 0 Å². The minimum atomic E-state index is -4.34. The van der Waals surface area contributed by atoms with Crippen LogP contribution in [-0.2, 0) is 6.18 Å². The maximum Gasteiger partial charge on any atom is 0.416 e. The number of benzene rings is 1. The Kier molecular flexibility index (Phi) is 3.95. The summed E-state index contributed by atoms with van der Waals surface area (Å²) in [6.45, 7) is 6.22. The lowest BCUT2D eigenvalue weighted by Gasteiger charge is -2.21. The Labute approximate surface area is 120 Å². The highest BCUT2D eigenvalue weighted by Gasteiger charge is 2.31. The second-order valence-electron chi connectivity index (χ2n) is 5.25. The summed E-state index contributed by atoms with van der Waals surface area (Å²) in [5, 5.41) is 0. The fraction of sp³-hybridized carbons (Fsp3) is 0.500. The Morgan fingerprint density at radius 2 is 1.95 bits per heavy atom. The molecule has 0 saturated heterocycles. The first kappa shape index (κ1) is 15.1. The third kappa shape index (κ3) is 2.61. The lowest BCUT2D eigenvalue weighted by atomic mass is 10.0. The van der Waals surface area contributed by atoms with E-state index in [1.807, 2.05) is 4.57 Å². The zero-order valence-electron chi connectivity index (χ0n) is 11.6. The number of aromatic nitrogens is 2. The molecule has 0 spiro atoms. The third-order valence-electron chi connectivity index (χ3n) is 3.56. The van der Waals surface area contributed by atoms with Gasteiger partial charge in [0.1, 0.15) is 0 Å². The molecule has 20 heavy (non-hydrogen) atoms. The summed E-state index contributed by atoms with van der Waals surface area (Å²) in [4.78, 5) is 2.89. The molecule has 0 aliphatic heterocycles. The van der Waals surface area contributed by atoms with Crippen LogP contribution in [0.2, 0.25) is 0 Å². The number of fused-ring (bicyclic) bond motifs is 1. The average molecular weight is 302 g/mol. The molecule has 0 fully saturated rings. The Morgan fingerprint density at radius 3 is 2.45 bits per heavy atom. The Bertz CT molecular complexity index is 667. The van der Waals surface area contributed by atoms with Crippen LogP contribution in [0.4, 0.5) is 13.2 Å². The molecular weight excluding hydrogens is 285 g/mol. The molecule has 0 saturated carbocycles. The third-order valence-corrected chi connectivity index (χ3v) is 3.86. The quantitative estimate of drug-likeness (QED) is 0.760. The minimum absolute atomic E-state index is 0.174. The van der Waals surface area contributed by atoms with Crippen LogP contribution in [-0.4, -0.2) is 9.55 Å². The fourth-order valence-corrected chi connectivity index (χ4v) is 2.93. The lowest BCUT2D eigenvalue weighted by molar-refractivity contribution is -0.137. The highest BCUT2D eigenvalue weighted by Crippen LogP contribution is 2.33. The van der Waals surface area contributed by atoms with Crippen LogP contribution in [0.15, 0.2) is 18.2 Å². The first-order valence-corrected chi connectivity index (χ1v) is 6.98. The van der Waals surface area contributed by atoms with Crippen LogP contribution in [0.25, 0.3) is 11.0 Å². The van der Waals surface area contributed by atoms with Gasteiger partial charge in [-0.15, -0.1) is 0 Å². The minimum Gasteiger partial charge on any atom is -0.331 e. The molecule has 1 N–H and O–H groups in total. The van der Waals surface area contributed by atoms with E-state index in [9.17, 15) is 13.2 Å². The maximum absolute atomic E-state index is 12.7. The molecule has 0 aliphatic rings. The van der Waals surface area contributed by atoms with E-state index < -0.39 is 11.7 Å². The molecule has 0 aliphatic carbocycles. The molecule has 2 nitrogen and oxygen atoms in total. The second-order valence-corrected chi connectivity index (χ2v) is 5.64. The number of hydrogen-bond donors (Lipinski definition) is 1. The van der Waals surface area contributed by atoms with Crippen LogP contribution in [0.1, 0.15) is 38.8 Å². The van der Waals surface area contributed by atoms with Crippen molar-refractivity contribution in [2.75, 3.05) is 0 Å². The number of rotatable bonds is 3. The molecule has 2 rings (SSSR count). The molecule has 1 aromatic carbocycles. The number of aromatic amines is 1. The van der Waals surface area contributed by atoms with Crippen molar-refractivity contribution in [2.45, 2.75) is 39.4 Å². The van der Waals surface area contributed by atoms with Gasteiger partial charge in [-0.25, -0.2) is 0 Å². The molecule has 1 aromatic heterocycles. The van der Waals surface area contributed by atoms with Gasteiger partial charge in [-0.05, 0) is 42.8 Å². The normalized spacial score (nSPS) is 14.2. The molecular formula is C14H17F3N2S. The van der Waals surface area contributed by atoms with Crippen molar-refractivity contribution in [3.05, 3.63) is 28.5 Å². The van der Waals surface area contributed by atoms with Gasteiger partial charge < -0.3 is 9.55 Å². The van der Waals surface area contributed by atoms with E-state index in [0.29, 0.717) is 16.2 Å². The maximum atomic E-state index is 12.7. The molecule has 0 amide bonds. The van der Waals surface area contributed by atoms with Crippen molar-refractivity contribution in [3.63, 3.8) is 0 Å². The van der Waals surface area contributed by atoms with Crippen LogP contribution in [0, 0.1) is 10.7 Å². The second kappa shape index (κ2) is 5.24. The Balaban J connectivity index is 2.64. The summed E-state index contributed by atoms with van der Waals surface area (Å²) in [5.41, 5.74) is 0.499. The molecule has 6 heteroatoms. The molecule has 0 bridgehead atoms. The van der Waals surface area contributed by atoms with E-state index in [0.717, 1.165) is 24.1 Å². The lowest BCUT2D eigenvalue weighted by Crippen LogP contribution is -2.14. The highest BCUT2D eigenvalue weighted by molar-refractivity contribution is 7.71. The molecule has 1 unspecified atom stereocenters. The molecule has 1 heterocycles. The molecule has 0 radical (unpaired) electrons. The summed E-state index contributed by atoms with van der Waals surface area (Å²) >= 11 is 5.28. The summed E-state index contributed by atoms with van der Waals surface area (Å²) < 4.78 is 40.6. The van der Waals surface area contributed by atoms with Crippen molar-refractivity contribution in [3.8, 4) is 0 Å². The first-order chi connectivity index (χ1) is 9.25. The predicted molar refractivity (Wildman–Crippen MR) is 76.3 cm³/mol. The highest BCUT2D eigenvalue weighted by atomic mass is 32.1. The Hall–Kier alpha value is -1.30. The van der Waals surface area contributed by atoms with Gasteiger partial charge in [0.05, 0.1) is 16.6 Å². The average Bonchev–Trinajstić information content (AvgIpc) is 2.65. The van der Waals surface area contributed by atoms with Crippen LogP contribution in [0.5, 0.6) is 0 Å². The van der Waals surface area contributed by atoms with E-state index in [1.54, 1.807) is 0 Å². The van der Waals surface area contributed by atoms with Crippen LogP contribution >= 0.6 is 12.2 Å². The monoisotopic (exact) mass is 302 g/mol. The molecule has 2 aromatic rings. The number of nitrogens with zero attached hydrogens (tertiary/aromatic N) is 1. The predicted octanol–water partition coefficient (Wildman–Crippen LogP) is 5.32. The van der Waals surface area contributed by atoms with Gasteiger partial charge >= 0.3 is 6.18 Å². The largest absolute Gasteiger partial charge is 0.416 e. The van der Waals surface area contributed by atoms with Gasteiger partial charge in [0.25, 0.3) is 0 Å². The van der Waals surface area contributed by atoms with E-state index in [2.05, 4.69) is 25.8 Å². The SMILES string of the molecule is CCC(C(C)C)n1c(=S)[nH]c2cc(C(F)(F)F)ccc21. The fourth-order valence-electron chi connectivity index (χ4n) is 2.59. The van der Waals surface area contributed by atoms with Crippen LogP contribution in [0.3, 0.4) is 0 Å². The van der Waals surface area contributed by atoms with Crippen molar-refractivity contribution < 1.29 is 13.2 Å². The number of nitrogens with one attached hydrogen (secondary N) is 1.